The molecule has 0 aromatic rings. The molecule has 358 valence electrons. The number of hydrogen-bond acceptors (Lipinski definition) is 11. The first-order valence-electron chi connectivity index (χ1n) is 23.8. The standard InChI is InChI=1S/C49H84O12S/c1-3-5-7-9-11-13-15-17-19-20-21-22-24-25-27-29-31-33-35-37-44(50)58-39-42(40-59-49-48(54)47(53)46(52)43(61-49)41-62(55,56)57)60-45(51)38-36-34-32-30-28-26-23-18-16-14-12-10-8-6-4-2/h6,8,11-14,17-19,23,42-43,46-49,52-54H,3-5,7,9-10,15-16,20-22,24-41H2,1-2H3,(H,55,56,57)/b8-6+,13-11+,14-12+,19-17+,23-18+/t42-,43-,46-,47?,48?,49+/m1/s1. The van der Waals surface area contributed by atoms with Crippen molar-refractivity contribution in [3.63, 3.8) is 0 Å². The van der Waals surface area contributed by atoms with Gasteiger partial charge in [0.1, 0.15) is 36.8 Å². The van der Waals surface area contributed by atoms with Gasteiger partial charge in [-0.05, 0) is 77.0 Å². The molecule has 0 aliphatic carbocycles. The summed E-state index contributed by atoms with van der Waals surface area (Å²) in [6.45, 7) is 3.61. The van der Waals surface area contributed by atoms with Gasteiger partial charge < -0.3 is 34.3 Å². The van der Waals surface area contributed by atoms with Gasteiger partial charge in [0.15, 0.2) is 12.4 Å². The van der Waals surface area contributed by atoms with Crippen molar-refractivity contribution >= 4 is 22.1 Å². The summed E-state index contributed by atoms with van der Waals surface area (Å²) in [6.07, 6.45) is 38.3. The monoisotopic (exact) mass is 897 g/mol. The van der Waals surface area contributed by atoms with Crippen molar-refractivity contribution in [2.24, 2.45) is 0 Å². The fourth-order valence-electron chi connectivity index (χ4n) is 6.90. The zero-order valence-electron chi connectivity index (χ0n) is 38.2. The molecule has 0 amide bonds. The molecule has 0 aromatic heterocycles. The number of esters is 2. The number of aliphatic hydroxyl groups is 3. The summed E-state index contributed by atoms with van der Waals surface area (Å²) in [5, 5.41) is 30.9. The molecule has 1 aliphatic heterocycles. The highest BCUT2D eigenvalue weighted by Gasteiger charge is 2.46. The normalized spacial score (nSPS) is 20.4. The van der Waals surface area contributed by atoms with Crippen LogP contribution in [0.15, 0.2) is 60.8 Å². The molecular weight excluding hydrogens is 813 g/mol. The largest absolute Gasteiger partial charge is 0.462 e. The molecule has 1 rings (SSSR count). The van der Waals surface area contributed by atoms with E-state index in [-0.39, 0.29) is 19.4 Å². The van der Waals surface area contributed by atoms with Crippen LogP contribution in [0.1, 0.15) is 181 Å². The second-order valence-electron chi connectivity index (χ2n) is 16.4. The van der Waals surface area contributed by atoms with Crippen LogP contribution in [0.4, 0.5) is 0 Å². The van der Waals surface area contributed by atoms with E-state index in [0.29, 0.717) is 12.8 Å². The van der Waals surface area contributed by atoms with Crippen LogP contribution in [-0.2, 0) is 38.7 Å². The lowest BCUT2D eigenvalue weighted by atomic mass is 10.00. The van der Waals surface area contributed by atoms with E-state index in [1.807, 2.05) is 0 Å². The molecule has 0 radical (unpaired) electrons. The third-order valence-electron chi connectivity index (χ3n) is 10.6. The molecule has 0 aromatic carbocycles. The average molecular weight is 897 g/mol. The molecule has 12 nitrogen and oxygen atoms in total. The van der Waals surface area contributed by atoms with Gasteiger partial charge in [0.2, 0.25) is 0 Å². The predicted molar refractivity (Wildman–Crippen MR) is 247 cm³/mol. The molecule has 1 heterocycles. The Morgan fingerprint density at radius 3 is 1.52 bits per heavy atom. The quantitative estimate of drug-likeness (QED) is 0.0198. The van der Waals surface area contributed by atoms with Crippen molar-refractivity contribution in [3.05, 3.63) is 60.8 Å². The van der Waals surface area contributed by atoms with E-state index in [9.17, 15) is 37.9 Å². The molecule has 62 heavy (non-hydrogen) atoms. The van der Waals surface area contributed by atoms with Crippen LogP contribution >= 0.6 is 0 Å². The molecule has 1 aliphatic rings. The average Bonchev–Trinajstić information content (AvgIpc) is 3.24. The maximum Gasteiger partial charge on any atom is 0.306 e. The zero-order valence-corrected chi connectivity index (χ0v) is 39.0. The highest BCUT2D eigenvalue weighted by Crippen LogP contribution is 2.24. The van der Waals surface area contributed by atoms with Crippen LogP contribution in [0.2, 0.25) is 0 Å². The summed E-state index contributed by atoms with van der Waals surface area (Å²) in [6, 6.07) is 0. The Bertz CT molecular complexity index is 1370. The van der Waals surface area contributed by atoms with Crippen LogP contribution < -0.4 is 0 Å². The maximum absolute atomic E-state index is 12.8. The Kier molecular flexibility index (Phi) is 35.9. The van der Waals surface area contributed by atoms with Crippen molar-refractivity contribution in [3.8, 4) is 0 Å². The number of carbonyl (C=O) groups excluding carboxylic acids is 2. The maximum atomic E-state index is 12.8. The third-order valence-corrected chi connectivity index (χ3v) is 11.3. The van der Waals surface area contributed by atoms with Gasteiger partial charge in [-0.25, -0.2) is 0 Å². The number of hydrogen-bond donors (Lipinski definition) is 4. The fourth-order valence-corrected chi connectivity index (χ4v) is 7.59. The van der Waals surface area contributed by atoms with E-state index >= 15 is 0 Å². The Morgan fingerprint density at radius 2 is 1.02 bits per heavy atom. The van der Waals surface area contributed by atoms with Crippen molar-refractivity contribution in [1.82, 2.24) is 0 Å². The number of aliphatic hydroxyl groups excluding tert-OH is 3. The minimum Gasteiger partial charge on any atom is -0.462 e. The lowest BCUT2D eigenvalue weighted by Crippen LogP contribution is -2.60. The first kappa shape index (κ1) is 57.4. The molecule has 2 unspecified atom stereocenters. The van der Waals surface area contributed by atoms with Gasteiger partial charge in [0, 0.05) is 12.8 Å². The second kappa shape index (κ2) is 38.8. The first-order chi connectivity index (χ1) is 30.0. The van der Waals surface area contributed by atoms with Gasteiger partial charge in [0.25, 0.3) is 10.1 Å². The minimum absolute atomic E-state index is 0.142. The molecule has 0 spiro atoms. The van der Waals surface area contributed by atoms with Gasteiger partial charge >= 0.3 is 11.9 Å². The van der Waals surface area contributed by atoms with Crippen LogP contribution in [0.25, 0.3) is 0 Å². The number of carbonyl (C=O) groups is 2. The van der Waals surface area contributed by atoms with E-state index in [2.05, 4.69) is 74.6 Å². The number of ether oxygens (including phenoxy) is 4. The van der Waals surface area contributed by atoms with E-state index in [1.165, 1.54) is 57.8 Å². The zero-order chi connectivity index (χ0) is 45.5. The second-order valence-corrected chi connectivity index (χ2v) is 17.9. The molecule has 13 heteroatoms. The molecule has 4 N–H and O–H groups in total. The molecular formula is C49H84O12S. The fraction of sp³-hybridized carbons (Fsp3) is 0.755. The van der Waals surface area contributed by atoms with E-state index in [4.69, 9.17) is 18.9 Å². The van der Waals surface area contributed by atoms with Crippen molar-refractivity contribution < 1.29 is 56.8 Å². The number of unbranched alkanes of at least 4 members (excludes halogenated alkanes) is 17. The van der Waals surface area contributed by atoms with Gasteiger partial charge in [-0.1, -0.05) is 152 Å². The van der Waals surface area contributed by atoms with Crippen LogP contribution in [-0.4, -0.2) is 96.0 Å². The highest BCUT2D eigenvalue weighted by atomic mass is 32.2. The Labute approximate surface area is 375 Å². The first-order valence-corrected chi connectivity index (χ1v) is 25.5. The van der Waals surface area contributed by atoms with E-state index < -0.39 is 71.2 Å². The smallest absolute Gasteiger partial charge is 0.306 e. The Morgan fingerprint density at radius 1 is 0.565 bits per heavy atom. The molecule has 0 saturated carbocycles. The number of allylic oxidation sites excluding steroid dienone is 10. The summed E-state index contributed by atoms with van der Waals surface area (Å²) >= 11 is 0. The topological polar surface area (TPSA) is 186 Å². The lowest BCUT2D eigenvalue weighted by molar-refractivity contribution is -0.297. The van der Waals surface area contributed by atoms with Crippen molar-refractivity contribution in [1.29, 1.82) is 0 Å². The van der Waals surface area contributed by atoms with E-state index in [0.717, 1.165) is 83.5 Å². The van der Waals surface area contributed by atoms with Crippen molar-refractivity contribution in [2.75, 3.05) is 19.0 Å². The summed E-state index contributed by atoms with van der Waals surface area (Å²) in [5.41, 5.74) is 0. The third kappa shape index (κ3) is 32.9. The number of rotatable bonds is 39. The SMILES string of the molecule is CC/C=C/C/C=C/C/C=C/CCCCCCCC(=O)O[C@H](COC(=O)CCCCCCCCCCC/C=C/C/C=C/CCCCC)CO[C@H]1O[C@H](CS(=O)(=O)O)[C@@H](O)C(O)C1O. The lowest BCUT2D eigenvalue weighted by Gasteiger charge is -2.40. The summed E-state index contributed by atoms with van der Waals surface area (Å²) < 4.78 is 54.1. The molecule has 6 atom stereocenters. The molecule has 1 saturated heterocycles. The van der Waals surface area contributed by atoms with Crippen molar-refractivity contribution in [2.45, 2.75) is 218 Å². The summed E-state index contributed by atoms with van der Waals surface area (Å²) in [4.78, 5) is 25.5. The summed E-state index contributed by atoms with van der Waals surface area (Å²) in [5.74, 6) is -2.01. The van der Waals surface area contributed by atoms with E-state index in [1.54, 1.807) is 0 Å². The predicted octanol–water partition coefficient (Wildman–Crippen LogP) is 10.1. The van der Waals surface area contributed by atoms with Gasteiger partial charge in [-0.3, -0.25) is 14.1 Å². The van der Waals surface area contributed by atoms with Gasteiger partial charge in [-0.15, -0.1) is 0 Å². The molecule has 0 bridgehead atoms. The minimum atomic E-state index is -4.61. The van der Waals surface area contributed by atoms with Crippen LogP contribution in [0.3, 0.4) is 0 Å². The van der Waals surface area contributed by atoms with Gasteiger partial charge in [0.05, 0.1) is 6.61 Å². The Balaban J connectivity index is 2.42. The molecule has 1 fully saturated rings. The highest BCUT2D eigenvalue weighted by molar-refractivity contribution is 7.85. The van der Waals surface area contributed by atoms with Crippen LogP contribution in [0, 0.1) is 0 Å². The summed E-state index contributed by atoms with van der Waals surface area (Å²) in [7, 11) is -4.61. The van der Waals surface area contributed by atoms with Crippen LogP contribution in [0.5, 0.6) is 0 Å². The van der Waals surface area contributed by atoms with Gasteiger partial charge in [-0.2, -0.15) is 8.42 Å². The Hall–Kier alpha value is -2.65.